The Labute approximate surface area is 145 Å². The van der Waals surface area contributed by atoms with Gasteiger partial charge in [0, 0.05) is 5.56 Å². The Kier molecular flexibility index (Phi) is 4.07. The van der Waals surface area contributed by atoms with E-state index in [-0.39, 0.29) is 16.1 Å². The number of urea groups is 1. The number of hydrogen-bond acceptors (Lipinski definition) is 6. The molecule has 2 heterocycles. The maximum absolute atomic E-state index is 11.8. The van der Waals surface area contributed by atoms with E-state index in [1.807, 2.05) is 0 Å². The van der Waals surface area contributed by atoms with Crippen LogP contribution in [0.25, 0.3) is 17.4 Å². The summed E-state index contributed by atoms with van der Waals surface area (Å²) in [7, 11) is 0. The lowest BCUT2D eigenvalue weighted by Crippen LogP contribution is -2.50. The third kappa shape index (κ3) is 3.26. The van der Waals surface area contributed by atoms with Crippen molar-refractivity contribution in [3.05, 3.63) is 47.2 Å². The molecule has 2 aromatic rings. The van der Waals surface area contributed by atoms with Crippen LogP contribution in [0, 0.1) is 0 Å². The van der Waals surface area contributed by atoms with Crippen molar-refractivity contribution in [1.82, 2.24) is 10.6 Å². The van der Waals surface area contributed by atoms with Gasteiger partial charge in [-0.25, -0.2) is 9.59 Å². The van der Waals surface area contributed by atoms with Crippen LogP contribution in [-0.2, 0) is 4.79 Å². The number of imide groups is 1. The maximum Gasteiger partial charge on any atom is 0.339 e. The van der Waals surface area contributed by atoms with Gasteiger partial charge in [0.2, 0.25) is 0 Å². The van der Waals surface area contributed by atoms with Crippen LogP contribution < -0.4 is 10.6 Å². The van der Waals surface area contributed by atoms with Gasteiger partial charge in [-0.15, -0.1) is 0 Å². The van der Waals surface area contributed by atoms with Crippen molar-refractivity contribution in [2.24, 2.45) is 0 Å². The van der Waals surface area contributed by atoms with Gasteiger partial charge in [-0.05, 0) is 30.3 Å². The molecule has 0 spiro atoms. The number of aromatic hydroxyl groups is 1. The number of benzene rings is 1. The molecule has 0 saturated carbocycles. The zero-order valence-corrected chi connectivity index (χ0v) is 13.2. The molecule has 1 aliphatic heterocycles. The SMILES string of the molecule is O=C1NC(=O)/C(=C\c2ccc(-c3ccc(C(=O)O)c(O)c3)o2)C(=S)N1. The Morgan fingerprint density at radius 3 is 2.56 bits per heavy atom. The van der Waals surface area contributed by atoms with E-state index in [0.717, 1.165) is 0 Å². The van der Waals surface area contributed by atoms with Crippen LogP contribution in [0.1, 0.15) is 16.1 Å². The zero-order chi connectivity index (χ0) is 18.1. The minimum Gasteiger partial charge on any atom is -0.507 e. The number of carboxylic acid groups (broad SMARTS) is 1. The van der Waals surface area contributed by atoms with E-state index in [4.69, 9.17) is 21.7 Å². The maximum atomic E-state index is 11.8. The monoisotopic (exact) mass is 358 g/mol. The van der Waals surface area contributed by atoms with Crippen LogP contribution in [0.5, 0.6) is 5.75 Å². The largest absolute Gasteiger partial charge is 0.507 e. The quantitative estimate of drug-likeness (QED) is 0.487. The topological polar surface area (TPSA) is 129 Å². The van der Waals surface area contributed by atoms with Gasteiger partial charge in [-0.1, -0.05) is 18.3 Å². The second-order valence-corrected chi connectivity index (χ2v) is 5.44. The van der Waals surface area contributed by atoms with Gasteiger partial charge in [-0.2, -0.15) is 0 Å². The number of carbonyl (C=O) groups excluding carboxylic acids is 2. The number of phenols is 1. The summed E-state index contributed by atoms with van der Waals surface area (Å²) in [5, 5.41) is 23.0. The third-order valence-electron chi connectivity index (χ3n) is 3.37. The molecule has 9 heteroatoms. The minimum absolute atomic E-state index is 0.0184. The summed E-state index contributed by atoms with van der Waals surface area (Å²) in [4.78, 5) is 33.8. The van der Waals surface area contributed by atoms with E-state index < -0.39 is 23.7 Å². The average Bonchev–Trinajstić information content (AvgIpc) is 2.99. The molecule has 4 N–H and O–H groups in total. The van der Waals surface area contributed by atoms with E-state index in [2.05, 4.69) is 10.6 Å². The van der Waals surface area contributed by atoms with Gasteiger partial charge in [0.05, 0.1) is 5.57 Å². The van der Waals surface area contributed by atoms with Crippen LogP contribution >= 0.6 is 12.2 Å². The first-order chi connectivity index (χ1) is 11.8. The van der Waals surface area contributed by atoms with Crippen molar-refractivity contribution in [1.29, 1.82) is 0 Å². The summed E-state index contributed by atoms with van der Waals surface area (Å²) in [6, 6.07) is 6.46. The molecule has 0 atom stereocenters. The molecule has 0 radical (unpaired) electrons. The molecule has 126 valence electrons. The molecule has 1 aromatic heterocycles. The lowest BCUT2D eigenvalue weighted by atomic mass is 10.1. The molecule has 8 nitrogen and oxygen atoms in total. The highest BCUT2D eigenvalue weighted by molar-refractivity contribution is 7.81. The second-order valence-electron chi connectivity index (χ2n) is 5.03. The molecule has 0 unspecified atom stereocenters. The number of carboxylic acids is 1. The average molecular weight is 358 g/mol. The Bertz CT molecular complexity index is 937. The minimum atomic E-state index is -1.24. The van der Waals surface area contributed by atoms with Crippen molar-refractivity contribution in [2.45, 2.75) is 0 Å². The van der Waals surface area contributed by atoms with Crippen LogP contribution in [0.2, 0.25) is 0 Å². The molecule has 0 bridgehead atoms. The predicted octanol–water partition coefficient (Wildman–Crippen LogP) is 1.90. The fourth-order valence-corrected chi connectivity index (χ4v) is 2.44. The number of rotatable bonds is 3. The summed E-state index contributed by atoms with van der Waals surface area (Å²) in [5.74, 6) is -1.63. The number of carbonyl (C=O) groups is 3. The fourth-order valence-electron chi connectivity index (χ4n) is 2.20. The van der Waals surface area contributed by atoms with E-state index in [9.17, 15) is 19.5 Å². The van der Waals surface area contributed by atoms with E-state index in [1.165, 1.54) is 24.3 Å². The van der Waals surface area contributed by atoms with Gasteiger partial charge in [0.25, 0.3) is 5.91 Å². The molecule has 1 saturated heterocycles. The highest BCUT2D eigenvalue weighted by Crippen LogP contribution is 2.28. The van der Waals surface area contributed by atoms with Crippen LogP contribution in [0.4, 0.5) is 4.79 Å². The first kappa shape index (κ1) is 16.4. The first-order valence-electron chi connectivity index (χ1n) is 6.90. The molecule has 1 fully saturated rings. The first-order valence-corrected chi connectivity index (χ1v) is 7.31. The van der Waals surface area contributed by atoms with Gasteiger partial charge in [0.15, 0.2) is 0 Å². The van der Waals surface area contributed by atoms with Crippen molar-refractivity contribution < 1.29 is 29.0 Å². The number of thiocarbonyl (C=S) groups is 1. The summed E-state index contributed by atoms with van der Waals surface area (Å²) >= 11 is 4.95. The summed E-state index contributed by atoms with van der Waals surface area (Å²) in [6.45, 7) is 0. The number of nitrogens with one attached hydrogen (secondary N) is 2. The van der Waals surface area contributed by atoms with Crippen molar-refractivity contribution >= 4 is 41.2 Å². The van der Waals surface area contributed by atoms with E-state index in [1.54, 1.807) is 12.1 Å². The van der Waals surface area contributed by atoms with Crippen LogP contribution in [-0.4, -0.2) is 33.1 Å². The molecule has 3 rings (SSSR count). The lowest BCUT2D eigenvalue weighted by molar-refractivity contribution is -0.116. The van der Waals surface area contributed by atoms with Gasteiger partial charge >= 0.3 is 12.0 Å². The molecule has 1 aliphatic rings. The van der Waals surface area contributed by atoms with Crippen LogP contribution in [0.3, 0.4) is 0 Å². The molecule has 0 aliphatic carbocycles. The summed E-state index contributed by atoms with van der Waals surface area (Å²) < 4.78 is 5.56. The van der Waals surface area contributed by atoms with Crippen molar-refractivity contribution in [2.75, 3.05) is 0 Å². The Morgan fingerprint density at radius 1 is 1.16 bits per heavy atom. The van der Waals surface area contributed by atoms with Crippen LogP contribution in [0.15, 0.2) is 40.3 Å². The predicted molar refractivity (Wildman–Crippen MR) is 90.0 cm³/mol. The van der Waals surface area contributed by atoms with E-state index in [0.29, 0.717) is 17.1 Å². The zero-order valence-electron chi connectivity index (χ0n) is 12.4. The Hall–Kier alpha value is -3.46. The normalized spacial score (nSPS) is 15.8. The summed E-state index contributed by atoms with van der Waals surface area (Å²) in [6.07, 6.45) is 1.37. The highest BCUT2D eigenvalue weighted by atomic mass is 32.1. The standard InChI is InChI=1S/C16H10N2O6S/c19-11-5-7(1-3-9(11)15(21)22)12-4-2-8(24-12)6-10-13(20)17-16(23)18-14(10)25/h1-6,19H,(H,21,22)(H2,17,18,20,23,25)/b10-6+. The second kappa shape index (κ2) is 6.21. The Morgan fingerprint density at radius 2 is 1.92 bits per heavy atom. The fraction of sp³-hybridized carbons (Fsp3) is 0. The van der Waals surface area contributed by atoms with Gasteiger partial charge in [0.1, 0.15) is 27.8 Å². The summed E-state index contributed by atoms with van der Waals surface area (Å²) in [5.41, 5.74) is 0.299. The smallest absolute Gasteiger partial charge is 0.339 e. The van der Waals surface area contributed by atoms with E-state index >= 15 is 0 Å². The lowest BCUT2D eigenvalue weighted by Gasteiger charge is -2.15. The number of furan rings is 1. The molecule has 3 amide bonds. The van der Waals surface area contributed by atoms with Gasteiger partial charge < -0.3 is 14.6 Å². The number of hydrogen-bond donors (Lipinski definition) is 4. The third-order valence-corrected chi connectivity index (χ3v) is 3.69. The number of aromatic carboxylic acids is 1. The van der Waals surface area contributed by atoms with Gasteiger partial charge in [-0.3, -0.25) is 15.4 Å². The number of amides is 3. The van der Waals surface area contributed by atoms with Crippen molar-refractivity contribution in [3.8, 4) is 17.1 Å². The molecule has 25 heavy (non-hydrogen) atoms. The molecule has 1 aromatic carbocycles. The Balaban J connectivity index is 1.90. The highest BCUT2D eigenvalue weighted by Gasteiger charge is 2.25. The van der Waals surface area contributed by atoms with Crippen molar-refractivity contribution in [3.63, 3.8) is 0 Å². The molecular formula is C16H10N2O6S. The molecular weight excluding hydrogens is 348 g/mol.